The number of benzene rings is 1. The summed E-state index contributed by atoms with van der Waals surface area (Å²) < 4.78 is 10.6. The molecule has 4 nitrogen and oxygen atoms in total. The molecule has 1 fully saturated rings. The number of hydrogen-bond acceptors (Lipinski definition) is 4. The molecule has 106 valence electrons. The Hall–Kier alpha value is -0.970. The fourth-order valence-electron chi connectivity index (χ4n) is 2.04. The van der Waals surface area contributed by atoms with Crippen LogP contribution in [-0.2, 0) is 9.53 Å². The van der Waals surface area contributed by atoms with Gasteiger partial charge in [0, 0.05) is 18.0 Å². The minimum absolute atomic E-state index is 0. The minimum Gasteiger partial charge on any atom is -0.489 e. The lowest BCUT2D eigenvalue weighted by Crippen LogP contribution is -2.31. The van der Waals surface area contributed by atoms with E-state index in [-0.39, 0.29) is 30.5 Å². The Balaban J connectivity index is 0.00000180. The molecule has 2 atom stereocenters. The van der Waals surface area contributed by atoms with Crippen LogP contribution in [0, 0.1) is 6.92 Å². The van der Waals surface area contributed by atoms with Crippen molar-refractivity contribution in [3.05, 3.63) is 28.8 Å². The van der Waals surface area contributed by atoms with Crippen molar-refractivity contribution in [3.8, 4) is 5.75 Å². The third-order valence-electron chi connectivity index (χ3n) is 3.01. The Morgan fingerprint density at radius 1 is 1.47 bits per heavy atom. The largest absolute Gasteiger partial charge is 0.489 e. The van der Waals surface area contributed by atoms with Gasteiger partial charge in [-0.25, -0.2) is 0 Å². The van der Waals surface area contributed by atoms with E-state index in [2.05, 4.69) is 5.32 Å². The first-order valence-electron chi connectivity index (χ1n) is 5.84. The maximum Gasteiger partial charge on any atom is 0.323 e. The zero-order chi connectivity index (χ0) is 13.1. The van der Waals surface area contributed by atoms with Gasteiger partial charge in [0.25, 0.3) is 0 Å². The third-order valence-corrected chi connectivity index (χ3v) is 3.24. The first-order valence-corrected chi connectivity index (χ1v) is 6.22. The number of rotatable bonds is 3. The summed E-state index contributed by atoms with van der Waals surface area (Å²) in [5.41, 5.74) is 0.990. The zero-order valence-corrected chi connectivity index (χ0v) is 12.4. The molecule has 1 saturated heterocycles. The number of nitrogens with one attached hydrogen (secondary N) is 1. The van der Waals surface area contributed by atoms with E-state index in [1.807, 2.05) is 19.1 Å². The van der Waals surface area contributed by atoms with Crippen LogP contribution in [-0.4, -0.2) is 31.8 Å². The molecule has 6 heteroatoms. The van der Waals surface area contributed by atoms with Crippen molar-refractivity contribution in [1.29, 1.82) is 0 Å². The van der Waals surface area contributed by atoms with Gasteiger partial charge in [0.1, 0.15) is 17.9 Å². The van der Waals surface area contributed by atoms with Crippen LogP contribution in [0.4, 0.5) is 0 Å². The highest BCUT2D eigenvalue weighted by molar-refractivity contribution is 6.30. The predicted molar refractivity (Wildman–Crippen MR) is 76.3 cm³/mol. The average Bonchev–Trinajstić information content (AvgIpc) is 2.80. The summed E-state index contributed by atoms with van der Waals surface area (Å²) in [7, 11) is 1.39. The molecule has 1 N–H and O–H groups in total. The summed E-state index contributed by atoms with van der Waals surface area (Å²) in [6, 6.07) is 5.23. The van der Waals surface area contributed by atoms with Crippen molar-refractivity contribution in [1.82, 2.24) is 5.32 Å². The second-order valence-electron chi connectivity index (χ2n) is 4.37. The molecule has 0 aromatic heterocycles. The maximum absolute atomic E-state index is 11.4. The van der Waals surface area contributed by atoms with E-state index in [0.29, 0.717) is 18.0 Å². The Morgan fingerprint density at radius 3 is 2.84 bits per heavy atom. The molecule has 1 aliphatic heterocycles. The van der Waals surface area contributed by atoms with Crippen molar-refractivity contribution in [3.63, 3.8) is 0 Å². The minimum atomic E-state index is -0.271. The molecule has 0 amide bonds. The maximum atomic E-state index is 11.4. The lowest BCUT2D eigenvalue weighted by molar-refractivity contribution is -0.142. The molecule has 0 bridgehead atoms. The molecule has 1 aromatic rings. The Bertz CT molecular complexity index is 454. The molecule has 0 saturated carbocycles. The fraction of sp³-hybridized carbons (Fsp3) is 0.462. The summed E-state index contributed by atoms with van der Waals surface area (Å²) >= 11 is 5.89. The summed E-state index contributed by atoms with van der Waals surface area (Å²) in [5.74, 6) is 0.561. The number of aryl methyl sites for hydroxylation is 1. The van der Waals surface area contributed by atoms with Crippen LogP contribution in [0.15, 0.2) is 18.2 Å². The molecular weight excluding hydrogens is 289 g/mol. The zero-order valence-electron chi connectivity index (χ0n) is 10.8. The van der Waals surface area contributed by atoms with Crippen molar-refractivity contribution in [2.45, 2.75) is 25.5 Å². The van der Waals surface area contributed by atoms with Gasteiger partial charge in [-0.1, -0.05) is 11.6 Å². The van der Waals surface area contributed by atoms with E-state index >= 15 is 0 Å². The Morgan fingerprint density at radius 2 is 2.21 bits per heavy atom. The average molecular weight is 306 g/mol. The molecular formula is C13H17Cl2NO3. The van der Waals surface area contributed by atoms with Crippen molar-refractivity contribution < 1.29 is 14.3 Å². The lowest BCUT2D eigenvalue weighted by atomic mass is 10.2. The van der Waals surface area contributed by atoms with Crippen molar-refractivity contribution >= 4 is 30.0 Å². The van der Waals surface area contributed by atoms with Crippen LogP contribution in [0.25, 0.3) is 0 Å². The number of carbonyl (C=O) groups excluding carboxylic acids is 1. The molecule has 2 rings (SSSR count). The number of esters is 1. The quantitative estimate of drug-likeness (QED) is 0.871. The van der Waals surface area contributed by atoms with Gasteiger partial charge < -0.3 is 14.8 Å². The smallest absolute Gasteiger partial charge is 0.323 e. The molecule has 0 unspecified atom stereocenters. The lowest BCUT2D eigenvalue weighted by Gasteiger charge is -2.14. The topological polar surface area (TPSA) is 47.6 Å². The standard InChI is InChI=1S/C13H16ClNO3.ClH/c1-8-5-9(14)3-4-12(8)18-10-6-11(15-7-10)13(16)17-2;/h3-5,10-11,15H,6-7H2,1-2H3;1H/t10-,11+;/m1./s1. The summed E-state index contributed by atoms with van der Waals surface area (Å²) in [4.78, 5) is 11.4. The predicted octanol–water partition coefficient (Wildman–Crippen LogP) is 2.35. The number of carbonyl (C=O) groups is 1. The van der Waals surface area contributed by atoms with Gasteiger partial charge in [-0.05, 0) is 30.7 Å². The molecule has 0 radical (unpaired) electrons. The van der Waals surface area contributed by atoms with Gasteiger partial charge in [-0.15, -0.1) is 12.4 Å². The normalized spacial score (nSPS) is 21.6. The monoisotopic (exact) mass is 305 g/mol. The van der Waals surface area contributed by atoms with Crippen LogP contribution >= 0.6 is 24.0 Å². The van der Waals surface area contributed by atoms with E-state index in [1.165, 1.54) is 7.11 Å². The van der Waals surface area contributed by atoms with E-state index < -0.39 is 0 Å². The first kappa shape index (κ1) is 16.1. The number of hydrogen-bond donors (Lipinski definition) is 1. The first-order chi connectivity index (χ1) is 8.60. The highest BCUT2D eigenvalue weighted by atomic mass is 35.5. The van der Waals surface area contributed by atoms with Gasteiger partial charge in [-0.3, -0.25) is 4.79 Å². The van der Waals surface area contributed by atoms with Gasteiger partial charge >= 0.3 is 5.97 Å². The molecule has 1 aromatic carbocycles. The van der Waals surface area contributed by atoms with Crippen LogP contribution in [0.1, 0.15) is 12.0 Å². The van der Waals surface area contributed by atoms with E-state index in [4.69, 9.17) is 21.1 Å². The molecule has 19 heavy (non-hydrogen) atoms. The number of ether oxygens (including phenoxy) is 2. The second-order valence-corrected chi connectivity index (χ2v) is 4.81. The summed E-state index contributed by atoms with van der Waals surface area (Å²) in [6.07, 6.45) is 0.600. The molecule has 0 spiro atoms. The Labute approximate surface area is 123 Å². The fourth-order valence-corrected chi connectivity index (χ4v) is 2.27. The van der Waals surface area contributed by atoms with Crippen molar-refractivity contribution in [2.24, 2.45) is 0 Å². The highest BCUT2D eigenvalue weighted by Gasteiger charge is 2.31. The number of methoxy groups -OCH3 is 1. The highest BCUT2D eigenvalue weighted by Crippen LogP contribution is 2.24. The van der Waals surface area contributed by atoms with Crippen LogP contribution in [0.3, 0.4) is 0 Å². The second kappa shape index (κ2) is 6.98. The van der Waals surface area contributed by atoms with Gasteiger partial charge in [0.05, 0.1) is 7.11 Å². The van der Waals surface area contributed by atoms with Crippen LogP contribution in [0.2, 0.25) is 5.02 Å². The Kier molecular flexibility index (Phi) is 5.91. The molecule has 0 aliphatic carbocycles. The number of halogens is 2. The van der Waals surface area contributed by atoms with Gasteiger partial charge in [0.15, 0.2) is 0 Å². The molecule has 1 heterocycles. The molecule has 1 aliphatic rings. The van der Waals surface area contributed by atoms with E-state index in [0.717, 1.165) is 11.3 Å². The summed E-state index contributed by atoms with van der Waals surface area (Å²) in [6.45, 7) is 2.59. The van der Waals surface area contributed by atoms with E-state index in [9.17, 15) is 4.79 Å². The summed E-state index contributed by atoms with van der Waals surface area (Å²) in [5, 5.41) is 3.77. The van der Waals surface area contributed by atoms with Crippen molar-refractivity contribution in [2.75, 3.05) is 13.7 Å². The van der Waals surface area contributed by atoms with Gasteiger partial charge in [0.2, 0.25) is 0 Å². The van der Waals surface area contributed by atoms with Crippen LogP contribution < -0.4 is 10.1 Å². The van der Waals surface area contributed by atoms with E-state index in [1.54, 1.807) is 6.07 Å². The van der Waals surface area contributed by atoms with Gasteiger partial charge in [-0.2, -0.15) is 0 Å². The third kappa shape index (κ3) is 4.00. The van der Waals surface area contributed by atoms with Crippen LogP contribution in [0.5, 0.6) is 5.75 Å². The SMILES string of the molecule is COC(=O)[C@@H]1C[C@@H](Oc2ccc(Cl)cc2C)CN1.Cl.